The molecule has 10 heteroatoms. The lowest BCUT2D eigenvalue weighted by Crippen LogP contribution is -2.58. The van der Waals surface area contributed by atoms with Gasteiger partial charge < -0.3 is 30.1 Å². The highest BCUT2D eigenvalue weighted by atomic mass is 35.5. The minimum absolute atomic E-state index is 0.0720. The Labute approximate surface area is 288 Å². The summed E-state index contributed by atoms with van der Waals surface area (Å²) in [4.78, 5) is 46.6. The zero-order valence-corrected chi connectivity index (χ0v) is 30.3. The number of ether oxygens (including phenoxy) is 1. The summed E-state index contributed by atoms with van der Waals surface area (Å²) in [6, 6.07) is 8.28. The number of hydrogen-bond acceptors (Lipinski definition) is 5. The Bertz CT molecular complexity index is 1130. The van der Waals surface area contributed by atoms with E-state index in [0.29, 0.717) is 37.6 Å². The average molecular weight is 674 g/mol. The van der Waals surface area contributed by atoms with Gasteiger partial charge in [-0.15, -0.1) is 0 Å². The Morgan fingerprint density at radius 3 is 1.96 bits per heavy atom. The van der Waals surface area contributed by atoms with Crippen LogP contribution in [0.3, 0.4) is 0 Å². The summed E-state index contributed by atoms with van der Waals surface area (Å²) in [7, 11) is 0. The van der Waals surface area contributed by atoms with E-state index in [4.69, 9.17) is 16.3 Å². The summed E-state index contributed by atoms with van der Waals surface area (Å²) in [6.45, 7) is 12.5. The van der Waals surface area contributed by atoms with E-state index in [2.05, 4.69) is 29.4 Å². The minimum atomic E-state index is -0.527. The van der Waals surface area contributed by atoms with Crippen molar-refractivity contribution in [2.24, 2.45) is 0 Å². The van der Waals surface area contributed by atoms with Crippen LogP contribution in [0.4, 0.5) is 9.59 Å². The number of halogens is 1. The van der Waals surface area contributed by atoms with Gasteiger partial charge in [-0.25, -0.2) is 9.59 Å². The fraction of sp³-hybridized carbons (Fsp3) is 0.757. The number of urea groups is 1. The molecule has 0 spiro atoms. The third kappa shape index (κ3) is 11.3. The maximum Gasteiger partial charge on any atom is 0.407 e. The highest BCUT2D eigenvalue weighted by Crippen LogP contribution is 2.29. The zero-order valence-electron chi connectivity index (χ0n) is 29.6. The second kappa shape index (κ2) is 17.8. The van der Waals surface area contributed by atoms with E-state index in [1.54, 1.807) is 0 Å². The van der Waals surface area contributed by atoms with Gasteiger partial charge in [0.05, 0.1) is 6.04 Å². The molecule has 3 fully saturated rings. The maximum atomic E-state index is 14.2. The van der Waals surface area contributed by atoms with Crippen molar-refractivity contribution in [3.63, 3.8) is 0 Å². The van der Waals surface area contributed by atoms with E-state index in [0.717, 1.165) is 56.9 Å². The number of piperidine rings is 1. The van der Waals surface area contributed by atoms with Crippen molar-refractivity contribution < 1.29 is 19.1 Å². The smallest absolute Gasteiger partial charge is 0.407 e. The third-order valence-corrected chi connectivity index (χ3v) is 10.4. The zero-order chi connectivity index (χ0) is 34.0. The Kier molecular flexibility index (Phi) is 14.1. The number of alkyl carbamates (subject to hydrolysis) is 1. The van der Waals surface area contributed by atoms with Gasteiger partial charge >= 0.3 is 12.1 Å². The van der Waals surface area contributed by atoms with Crippen molar-refractivity contribution in [3.8, 4) is 0 Å². The Morgan fingerprint density at radius 1 is 0.851 bits per heavy atom. The van der Waals surface area contributed by atoms with Crippen LogP contribution in [0.2, 0.25) is 5.02 Å². The molecular formula is C37H60ClN5O4. The molecule has 47 heavy (non-hydrogen) atoms. The molecule has 0 unspecified atom stereocenters. The van der Waals surface area contributed by atoms with E-state index in [1.807, 2.05) is 54.8 Å². The van der Waals surface area contributed by atoms with Crippen molar-refractivity contribution in [3.05, 3.63) is 34.9 Å². The van der Waals surface area contributed by atoms with Gasteiger partial charge in [0, 0.05) is 55.4 Å². The first kappa shape index (κ1) is 37.3. The summed E-state index contributed by atoms with van der Waals surface area (Å²) in [5.41, 5.74) is 0.542. The molecule has 3 aliphatic rings. The molecular weight excluding hydrogens is 614 g/mol. The Morgan fingerprint density at radius 2 is 1.40 bits per heavy atom. The van der Waals surface area contributed by atoms with Crippen LogP contribution >= 0.6 is 11.6 Å². The fourth-order valence-corrected chi connectivity index (χ4v) is 7.75. The molecule has 2 N–H and O–H groups in total. The Hall–Kier alpha value is -2.52. The van der Waals surface area contributed by atoms with Crippen molar-refractivity contribution in [1.29, 1.82) is 0 Å². The number of nitrogens with zero attached hydrogens (tertiary/aromatic N) is 3. The molecule has 9 nitrogen and oxygen atoms in total. The summed E-state index contributed by atoms with van der Waals surface area (Å²) >= 11 is 6.18. The second-order valence-electron chi connectivity index (χ2n) is 14.8. The van der Waals surface area contributed by atoms with Crippen molar-refractivity contribution in [1.82, 2.24) is 25.3 Å². The van der Waals surface area contributed by atoms with E-state index in [1.165, 1.54) is 25.7 Å². The van der Waals surface area contributed by atoms with Crippen LogP contribution in [0.15, 0.2) is 24.3 Å². The van der Waals surface area contributed by atoms with Gasteiger partial charge in [-0.05, 0) is 110 Å². The van der Waals surface area contributed by atoms with Crippen LogP contribution in [0, 0.1) is 0 Å². The van der Waals surface area contributed by atoms with Gasteiger partial charge in [0.25, 0.3) is 0 Å². The molecule has 0 radical (unpaired) electrons. The number of carbonyl (C=O) groups excluding carboxylic acids is 3. The quantitative estimate of drug-likeness (QED) is 0.257. The van der Waals surface area contributed by atoms with Gasteiger partial charge in [-0.3, -0.25) is 4.79 Å². The van der Waals surface area contributed by atoms with Gasteiger partial charge in [0.1, 0.15) is 5.60 Å². The number of hydrogen-bond donors (Lipinski definition) is 2. The molecule has 1 atom stereocenters. The van der Waals surface area contributed by atoms with Gasteiger partial charge in [-0.1, -0.05) is 49.4 Å². The summed E-state index contributed by atoms with van der Waals surface area (Å²) in [5.74, 6) is 0.128. The SMILES string of the molecule is CCN(CC)C(=O)N(C1CCCCCC1)C1CCN(C(=O)[C@@H](Cc2ccc(Cl)cc2)NC2CCC(NC(=O)OC(C)(C)C)CC2)CC1. The maximum absolute atomic E-state index is 14.2. The summed E-state index contributed by atoms with van der Waals surface area (Å²) in [6.07, 6.45) is 12.3. The standard InChI is InChI=1S/C37H60ClN5O4/c1-6-41(7-2)36(46)43(31-12-10-8-9-11-13-31)32-22-24-42(25-23-32)34(44)33(26-27-14-16-28(38)17-15-27)39-29-18-20-30(21-19-29)40-35(45)47-37(3,4)5/h14-17,29-33,39H,6-13,18-26H2,1-5H3,(H,40,45)/t29?,30?,33-/m1/s1. The van der Waals surface area contributed by atoms with Crippen LogP contribution in [0.1, 0.15) is 117 Å². The summed E-state index contributed by atoms with van der Waals surface area (Å²) < 4.78 is 5.45. The number of amides is 4. The lowest BCUT2D eigenvalue weighted by molar-refractivity contribution is -0.135. The number of benzene rings is 1. The number of rotatable bonds is 10. The molecule has 0 bridgehead atoms. The lowest BCUT2D eigenvalue weighted by Gasteiger charge is -2.44. The predicted molar refractivity (Wildman–Crippen MR) is 189 cm³/mol. The monoisotopic (exact) mass is 673 g/mol. The van der Waals surface area contributed by atoms with E-state index in [-0.39, 0.29) is 48.2 Å². The number of carbonyl (C=O) groups is 3. The van der Waals surface area contributed by atoms with Crippen LogP contribution in [-0.4, -0.2) is 94.7 Å². The van der Waals surface area contributed by atoms with Gasteiger partial charge in [0.15, 0.2) is 0 Å². The Balaban J connectivity index is 1.40. The van der Waals surface area contributed by atoms with Crippen LogP contribution in [0.5, 0.6) is 0 Å². The number of nitrogens with one attached hydrogen (secondary N) is 2. The first-order chi connectivity index (χ1) is 22.5. The highest BCUT2D eigenvalue weighted by molar-refractivity contribution is 6.30. The first-order valence-electron chi connectivity index (χ1n) is 18.3. The molecule has 4 rings (SSSR count). The largest absolute Gasteiger partial charge is 0.444 e. The summed E-state index contributed by atoms with van der Waals surface area (Å²) in [5, 5.41) is 7.43. The molecule has 0 aromatic heterocycles. The average Bonchev–Trinajstić information content (AvgIpc) is 3.32. The second-order valence-corrected chi connectivity index (χ2v) is 15.2. The van der Waals surface area contributed by atoms with Crippen molar-refractivity contribution >= 4 is 29.6 Å². The molecule has 2 saturated carbocycles. The molecule has 1 aliphatic heterocycles. The first-order valence-corrected chi connectivity index (χ1v) is 18.7. The fourth-order valence-electron chi connectivity index (χ4n) is 7.63. The molecule has 264 valence electrons. The molecule has 4 amide bonds. The van der Waals surface area contributed by atoms with Crippen LogP contribution < -0.4 is 10.6 Å². The molecule has 2 aliphatic carbocycles. The number of likely N-dealkylation sites (tertiary alicyclic amines) is 1. The third-order valence-electron chi connectivity index (χ3n) is 10.2. The topological polar surface area (TPSA) is 94.2 Å². The lowest BCUT2D eigenvalue weighted by atomic mass is 9.90. The van der Waals surface area contributed by atoms with Crippen molar-refractivity contribution in [2.45, 2.75) is 154 Å². The highest BCUT2D eigenvalue weighted by Gasteiger charge is 2.37. The van der Waals surface area contributed by atoms with Crippen LogP contribution in [-0.2, 0) is 16.0 Å². The van der Waals surface area contributed by atoms with Gasteiger partial charge in [-0.2, -0.15) is 0 Å². The van der Waals surface area contributed by atoms with E-state index >= 15 is 0 Å². The predicted octanol–water partition coefficient (Wildman–Crippen LogP) is 7.15. The molecule has 1 aromatic rings. The van der Waals surface area contributed by atoms with E-state index < -0.39 is 5.60 Å². The minimum Gasteiger partial charge on any atom is -0.444 e. The molecule has 1 saturated heterocycles. The van der Waals surface area contributed by atoms with E-state index in [9.17, 15) is 14.4 Å². The van der Waals surface area contributed by atoms with Gasteiger partial charge in [0.2, 0.25) is 5.91 Å². The molecule has 1 heterocycles. The van der Waals surface area contributed by atoms with Crippen LogP contribution in [0.25, 0.3) is 0 Å². The normalized spacial score (nSPS) is 22.2. The molecule has 1 aromatic carbocycles. The van der Waals surface area contributed by atoms with Crippen molar-refractivity contribution in [2.75, 3.05) is 26.2 Å².